The number of hydrogen-bond acceptors (Lipinski definition) is 4. The van der Waals surface area contributed by atoms with Crippen LogP contribution >= 0.6 is 0 Å². The van der Waals surface area contributed by atoms with Gasteiger partial charge in [0.05, 0.1) is 26.5 Å². The van der Waals surface area contributed by atoms with Crippen molar-refractivity contribution < 1.29 is 14.3 Å². The molecule has 0 spiro atoms. The standard InChI is InChI=1S/C20H26N2O3/c1-4-12-22(14-16-8-6-5-7-9-16)15-20(23)21-18-11-10-17(24-2)13-19(18)25-3/h5-11,13H,4,12,14-15H2,1-3H3,(H,21,23). The summed E-state index contributed by atoms with van der Waals surface area (Å²) in [6.07, 6.45) is 0.992. The van der Waals surface area contributed by atoms with Crippen LogP contribution in [0.1, 0.15) is 18.9 Å². The molecule has 0 saturated heterocycles. The lowest BCUT2D eigenvalue weighted by Crippen LogP contribution is -2.33. The van der Waals surface area contributed by atoms with E-state index in [-0.39, 0.29) is 5.91 Å². The number of carbonyl (C=O) groups is 1. The summed E-state index contributed by atoms with van der Waals surface area (Å²) in [5.74, 6) is 1.21. The fraction of sp³-hybridized carbons (Fsp3) is 0.350. The summed E-state index contributed by atoms with van der Waals surface area (Å²) in [4.78, 5) is 14.6. The van der Waals surface area contributed by atoms with Crippen LogP contribution in [-0.4, -0.2) is 38.1 Å². The third-order valence-corrected chi connectivity index (χ3v) is 3.84. The fourth-order valence-electron chi connectivity index (χ4n) is 2.67. The Balaban J connectivity index is 2.01. The van der Waals surface area contributed by atoms with E-state index in [1.54, 1.807) is 32.4 Å². The molecule has 1 N–H and O–H groups in total. The van der Waals surface area contributed by atoms with Gasteiger partial charge in [-0.25, -0.2) is 0 Å². The van der Waals surface area contributed by atoms with E-state index >= 15 is 0 Å². The van der Waals surface area contributed by atoms with Crippen molar-refractivity contribution in [3.8, 4) is 11.5 Å². The van der Waals surface area contributed by atoms with E-state index in [0.29, 0.717) is 23.7 Å². The largest absolute Gasteiger partial charge is 0.497 e. The summed E-state index contributed by atoms with van der Waals surface area (Å²) < 4.78 is 10.5. The van der Waals surface area contributed by atoms with Gasteiger partial charge in [0.15, 0.2) is 0 Å². The maximum atomic E-state index is 12.5. The Morgan fingerprint density at radius 3 is 2.48 bits per heavy atom. The maximum Gasteiger partial charge on any atom is 0.238 e. The van der Waals surface area contributed by atoms with Gasteiger partial charge in [0.2, 0.25) is 5.91 Å². The Kier molecular flexibility index (Phi) is 7.29. The van der Waals surface area contributed by atoms with Crippen molar-refractivity contribution in [1.82, 2.24) is 4.90 Å². The topological polar surface area (TPSA) is 50.8 Å². The number of methoxy groups -OCH3 is 2. The highest BCUT2D eigenvalue weighted by Crippen LogP contribution is 2.28. The third kappa shape index (κ3) is 5.80. The third-order valence-electron chi connectivity index (χ3n) is 3.84. The van der Waals surface area contributed by atoms with Crippen LogP contribution in [0.2, 0.25) is 0 Å². The summed E-state index contributed by atoms with van der Waals surface area (Å²) in [5.41, 5.74) is 1.84. The first-order valence-electron chi connectivity index (χ1n) is 8.44. The van der Waals surface area contributed by atoms with E-state index in [1.165, 1.54) is 5.56 Å². The summed E-state index contributed by atoms with van der Waals surface area (Å²) in [7, 11) is 3.17. The van der Waals surface area contributed by atoms with Crippen molar-refractivity contribution in [3.05, 3.63) is 54.1 Å². The van der Waals surface area contributed by atoms with Gasteiger partial charge in [-0.3, -0.25) is 9.69 Å². The SMILES string of the molecule is CCCN(CC(=O)Nc1ccc(OC)cc1OC)Cc1ccccc1. The second-order valence-corrected chi connectivity index (χ2v) is 5.81. The Bertz CT molecular complexity index is 674. The molecule has 0 aliphatic carbocycles. The lowest BCUT2D eigenvalue weighted by Gasteiger charge is -2.21. The Labute approximate surface area is 149 Å². The minimum Gasteiger partial charge on any atom is -0.497 e. The predicted octanol–water partition coefficient (Wildman–Crippen LogP) is 3.55. The van der Waals surface area contributed by atoms with Gasteiger partial charge in [-0.2, -0.15) is 0 Å². The number of ether oxygens (including phenoxy) is 2. The molecule has 0 bridgehead atoms. The molecule has 0 aliphatic rings. The Morgan fingerprint density at radius 1 is 1.08 bits per heavy atom. The molecule has 0 saturated carbocycles. The quantitative estimate of drug-likeness (QED) is 0.757. The molecule has 5 heteroatoms. The maximum absolute atomic E-state index is 12.5. The van der Waals surface area contributed by atoms with E-state index in [9.17, 15) is 4.79 Å². The molecular weight excluding hydrogens is 316 g/mol. The van der Waals surface area contributed by atoms with E-state index in [1.807, 2.05) is 18.2 Å². The molecule has 0 unspecified atom stereocenters. The van der Waals surface area contributed by atoms with Crippen molar-refractivity contribution in [2.24, 2.45) is 0 Å². The van der Waals surface area contributed by atoms with Gasteiger partial charge in [-0.1, -0.05) is 37.3 Å². The minimum atomic E-state index is -0.0622. The summed E-state index contributed by atoms with van der Waals surface area (Å²) in [5, 5.41) is 2.93. The molecule has 2 aromatic rings. The fourth-order valence-corrected chi connectivity index (χ4v) is 2.67. The molecule has 0 radical (unpaired) electrons. The summed E-state index contributed by atoms with van der Waals surface area (Å²) in [6, 6.07) is 15.5. The zero-order chi connectivity index (χ0) is 18.1. The zero-order valence-electron chi connectivity index (χ0n) is 15.1. The zero-order valence-corrected chi connectivity index (χ0v) is 15.1. The van der Waals surface area contributed by atoms with Crippen LogP contribution < -0.4 is 14.8 Å². The van der Waals surface area contributed by atoms with Crippen molar-refractivity contribution in [2.75, 3.05) is 32.6 Å². The molecule has 2 aromatic carbocycles. The first-order valence-corrected chi connectivity index (χ1v) is 8.44. The molecule has 0 fully saturated rings. The normalized spacial score (nSPS) is 10.6. The first-order chi connectivity index (χ1) is 12.2. The van der Waals surface area contributed by atoms with E-state index in [4.69, 9.17) is 9.47 Å². The highest BCUT2D eigenvalue weighted by atomic mass is 16.5. The monoisotopic (exact) mass is 342 g/mol. The summed E-state index contributed by atoms with van der Waals surface area (Å²) in [6.45, 7) is 4.06. The van der Waals surface area contributed by atoms with Crippen LogP contribution in [0.3, 0.4) is 0 Å². The Hall–Kier alpha value is -2.53. The average molecular weight is 342 g/mol. The van der Waals surface area contributed by atoms with Crippen LogP contribution in [0, 0.1) is 0 Å². The molecule has 0 atom stereocenters. The molecule has 0 heterocycles. The van der Waals surface area contributed by atoms with E-state index in [2.05, 4.69) is 29.3 Å². The number of anilines is 1. The van der Waals surface area contributed by atoms with Crippen molar-refractivity contribution >= 4 is 11.6 Å². The van der Waals surface area contributed by atoms with Crippen LogP contribution in [0.25, 0.3) is 0 Å². The van der Waals surface area contributed by atoms with Crippen molar-refractivity contribution in [3.63, 3.8) is 0 Å². The highest BCUT2D eigenvalue weighted by molar-refractivity contribution is 5.93. The number of benzene rings is 2. The van der Waals surface area contributed by atoms with Gasteiger partial charge >= 0.3 is 0 Å². The van der Waals surface area contributed by atoms with Crippen LogP contribution in [-0.2, 0) is 11.3 Å². The lowest BCUT2D eigenvalue weighted by atomic mass is 10.2. The molecule has 1 amide bonds. The summed E-state index contributed by atoms with van der Waals surface area (Å²) >= 11 is 0. The first kappa shape index (κ1) is 18.8. The van der Waals surface area contributed by atoms with E-state index < -0.39 is 0 Å². The van der Waals surface area contributed by atoms with Crippen molar-refractivity contribution in [1.29, 1.82) is 0 Å². The van der Waals surface area contributed by atoms with Gasteiger partial charge in [-0.05, 0) is 30.7 Å². The molecule has 2 rings (SSSR count). The number of rotatable bonds is 9. The number of hydrogen-bond donors (Lipinski definition) is 1. The number of nitrogens with zero attached hydrogens (tertiary/aromatic N) is 1. The number of carbonyl (C=O) groups excluding carboxylic acids is 1. The predicted molar refractivity (Wildman–Crippen MR) is 100 cm³/mol. The molecule has 25 heavy (non-hydrogen) atoms. The number of nitrogens with one attached hydrogen (secondary N) is 1. The lowest BCUT2D eigenvalue weighted by molar-refractivity contribution is -0.117. The smallest absolute Gasteiger partial charge is 0.238 e. The van der Waals surface area contributed by atoms with Crippen LogP contribution in [0.4, 0.5) is 5.69 Å². The van der Waals surface area contributed by atoms with Crippen LogP contribution in [0.5, 0.6) is 11.5 Å². The number of amides is 1. The molecular formula is C20H26N2O3. The molecule has 5 nitrogen and oxygen atoms in total. The van der Waals surface area contributed by atoms with Crippen molar-refractivity contribution in [2.45, 2.75) is 19.9 Å². The minimum absolute atomic E-state index is 0.0622. The van der Waals surface area contributed by atoms with Crippen LogP contribution in [0.15, 0.2) is 48.5 Å². The van der Waals surface area contributed by atoms with Gasteiger partial charge in [0, 0.05) is 12.6 Å². The van der Waals surface area contributed by atoms with Gasteiger partial charge in [-0.15, -0.1) is 0 Å². The molecule has 134 valence electrons. The average Bonchev–Trinajstić information content (AvgIpc) is 2.63. The highest BCUT2D eigenvalue weighted by Gasteiger charge is 2.13. The van der Waals surface area contributed by atoms with Gasteiger partial charge in [0.25, 0.3) is 0 Å². The van der Waals surface area contributed by atoms with Gasteiger partial charge < -0.3 is 14.8 Å². The second kappa shape index (κ2) is 9.69. The molecule has 0 aliphatic heterocycles. The Morgan fingerprint density at radius 2 is 1.84 bits per heavy atom. The van der Waals surface area contributed by atoms with E-state index in [0.717, 1.165) is 19.5 Å². The molecule has 0 aromatic heterocycles. The second-order valence-electron chi connectivity index (χ2n) is 5.81. The van der Waals surface area contributed by atoms with Gasteiger partial charge in [0.1, 0.15) is 11.5 Å².